The summed E-state index contributed by atoms with van der Waals surface area (Å²) in [7, 11) is -2.81. The van der Waals surface area contributed by atoms with Crippen molar-refractivity contribution in [3.63, 3.8) is 0 Å². The molecular formula is C15H22O3S. The second kappa shape index (κ2) is 5.95. The Kier molecular flexibility index (Phi) is 4.50. The van der Waals surface area contributed by atoms with Crippen LogP contribution in [-0.2, 0) is 9.84 Å². The fraction of sp³-hybridized carbons (Fsp3) is 0.600. The van der Waals surface area contributed by atoms with Crippen molar-refractivity contribution in [1.82, 2.24) is 0 Å². The van der Waals surface area contributed by atoms with Crippen molar-refractivity contribution >= 4 is 9.84 Å². The second-order valence-electron chi connectivity index (χ2n) is 5.35. The van der Waals surface area contributed by atoms with Crippen LogP contribution in [0.2, 0.25) is 0 Å². The normalized spacial score (nSPS) is 20.9. The van der Waals surface area contributed by atoms with E-state index in [1.54, 1.807) is 0 Å². The molecule has 0 aromatic heterocycles. The molecule has 1 heterocycles. The Labute approximate surface area is 115 Å². The average Bonchev–Trinajstić information content (AvgIpc) is 2.41. The molecule has 4 heteroatoms. The summed E-state index contributed by atoms with van der Waals surface area (Å²) in [4.78, 5) is 0. The van der Waals surface area contributed by atoms with Crippen LogP contribution >= 0.6 is 0 Å². The van der Waals surface area contributed by atoms with Crippen molar-refractivity contribution in [1.29, 1.82) is 0 Å². The minimum Gasteiger partial charge on any atom is -0.490 e. The van der Waals surface area contributed by atoms with Gasteiger partial charge in [0.25, 0.3) is 0 Å². The van der Waals surface area contributed by atoms with E-state index in [9.17, 15) is 8.42 Å². The molecule has 0 aliphatic carbocycles. The molecule has 0 N–H and O–H groups in total. The summed E-state index contributed by atoms with van der Waals surface area (Å²) in [6, 6.07) is 8.18. The van der Waals surface area contributed by atoms with Gasteiger partial charge in [0, 0.05) is 0 Å². The van der Waals surface area contributed by atoms with Crippen molar-refractivity contribution in [3.8, 4) is 5.75 Å². The van der Waals surface area contributed by atoms with Gasteiger partial charge in [0.2, 0.25) is 0 Å². The topological polar surface area (TPSA) is 43.4 Å². The zero-order valence-electron chi connectivity index (χ0n) is 11.6. The summed E-state index contributed by atoms with van der Waals surface area (Å²) in [5.41, 5.74) is 1.32. The van der Waals surface area contributed by atoms with Crippen LogP contribution in [-0.4, -0.2) is 26.0 Å². The van der Waals surface area contributed by atoms with Gasteiger partial charge in [0.15, 0.2) is 9.84 Å². The monoisotopic (exact) mass is 282 g/mol. The van der Waals surface area contributed by atoms with E-state index in [4.69, 9.17) is 4.74 Å². The molecule has 1 atom stereocenters. The molecule has 1 unspecified atom stereocenters. The van der Waals surface area contributed by atoms with Crippen LogP contribution in [0.4, 0.5) is 0 Å². The molecular weight excluding hydrogens is 260 g/mol. The lowest BCUT2D eigenvalue weighted by atomic mass is 9.99. The quantitative estimate of drug-likeness (QED) is 0.852. The van der Waals surface area contributed by atoms with Gasteiger partial charge in [-0.05, 0) is 42.9 Å². The minimum absolute atomic E-state index is 0.0398. The first kappa shape index (κ1) is 14.4. The molecule has 106 valence electrons. The van der Waals surface area contributed by atoms with Crippen LogP contribution in [0, 0.1) is 0 Å². The van der Waals surface area contributed by atoms with Gasteiger partial charge in [0.1, 0.15) is 11.9 Å². The van der Waals surface area contributed by atoms with Crippen LogP contribution < -0.4 is 4.74 Å². The molecule has 1 aliphatic heterocycles. The van der Waals surface area contributed by atoms with E-state index in [-0.39, 0.29) is 17.6 Å². The number of hydrogen-bond donors (Lipinski definition) is 0. The van der Waals surface area contributed by atoms with Crippen molar-refractivity contribution in [2.45, 2.75) is 45.1 Å². The second-order valence-corrected chi connectivity index (χ2v) is 7.65. The lowest BCUT2D eigenvalue weighted by Gasteiger charge is -2.23. The van der Waals surface area contributed by atoms with E-state index in [2.05, 4.69) is 26.0 Å². The molecule has 0 saturated carbocycles. The standard InChI is InChI=1S/C15H22O3S/c1-3-12(2)13-4-6-14(7-5-13)18-15-8-10-19(16,17)11-9-15/h4-7,12,15H,3,8-11H2,1-2H3. The van der Waals surface area contributed by atoms with Gasteiger partial charge in [-0.25, -0.2) is 8.42 Å². The lowest BCUT2D eigenvalue weighted by Crippen LogP contribution is -2.30. The molecule has 0 radical (unpaired) electrons. The lowest BCUT2D eigenvalue weighted by molar-refractivity contribution is 0.189. The zero-order valence-corrected chi connectivity index (χ0v) is 12.4. The Balaban J connectivity index is 1.93. The Morgan fingerprint density at radius 3 is 2.32 bits per heavy atom. The molecule has 1 fully saturated rings. The first-order chi connectivity index (χ1) is 9.00. The fourth-order valence-corrected chi connectivity index (χ4v) is 3.74. The number of benzene rings is 1. The third kappa shape index (κ3) is 3.96. The predicted octanol–water partition coefficient (Wildman–Crippen LogP) is 3.16. The molecule has 0 amide bonds. The summed E-state index contributed by atoms with van der Waals surface area (Å²) in [6.45, 7) is 4.39. The molecule has 2 rings (SSSR count). The summed E-state index contributed by atoms with van der Waals surface area (Å²) in [5.74, 6) is 1.91. The summed E-state index contributed by atoms with van der Waals surface area (Å²) >= 11 is 0. The van der Waals surface area contributed by atoms with Crippen LogP contribution in [0.1, 0.15) is 44.6 Å². The first-order valence-corrected chi connectivity index (χ1v) is 8.79. The molecule has 1 saturated heterocycles. The highest BCUT2D eigenvalue weighted by molar-refractivity contribution is 7.91. The molecule has 1 aromatic carbocycles. The summed E-state index contributed by atoms with van der Waals surface area (Å²) < 4.78 is 28.5. The summed E-state index contributed by atoms with van der Waals surface area (Å²) in [5, 5.41) is 0. The maximum Gasteiger partial charge on any atom is 0.150 e. The summed E-state index contributed by atoms with van der Waals surface area (Å²) in [6.07, 6.45) is 2.38. The third-order valence-electron chi connectivity index (χ3n) is 3.87. The highest BCUT2D eigenvalue weighted by Gasteiger charge is 2.24. The van der Waals surface area contributed by atoms with Gasteiger partial charge in [-0.15, -0.1) is 0 Å². The van der Waals surface area contributed by atoms with E-state index in [1.807, 2.05) is 12.1 Å². The van der Waals surface area contributed by atoms with E-state index in [1.165, 1.54) is 5.56 Å². The van der Waals surface area contributed by atoms with Gasteiger partial charge in [-0.2, -0.15) is 0 Å². The van der Waals surface area contributed by atoms with Crippen molar-refractivity contribution in [2.75, 3.05) is 11.5 Å². The van der Waals surface area contributed by atoms with Crippen LogP contribution in [0.5, 0.6) is 5.75 Å². The molecule has 0 spiro atoms. The van der Waals surface area contributed by atoms with Gasteiger partial charge < -0.3 is 4.74 Å². The van der Waals surface area contributed by atoms with Crippen molar-refractivity contribution < 1.29 is 13.2 Å². The highest BCUT2D eigenvalue weighted by atomic mass is 32.2. The maximum absolute atomic E-state index is 11.3. The smallest absolute Gasteiger partial charge is 0.150 e. The Bertz CT molecular complexity index is 491. The number of rotatable bonds is 4. The van der Waals surface area contributed by atoms with Crippen LogP contribution in [0.3, 0.4) is 0 Å². The Hall–Kier alpha value is -1.03. The Morgan fingerprint density at radius 1 is 1.21 bits per heavy atom. The van der Waals surface area contributed by atoms with Crippen LogP contribution in [0.15, 0.2) is 24.3 Å². The fourth-order valence-electron chi connectivity index (χ4n) is 2.29. The van der Waals surface area contributed by atoms with Crippen molar-refractivity contribution in [2.24, 2.45) is 0 Å². The molecule has 1 aromatic rings. The minimum atomic E-state index is -2.81. The highest BCUT2D eigenvalue weighted by Crippen LogP contribution is 2.24. The van der Waals surface area contributed by atoms with E-state index >= 15 is 0 Å². The van der Waals surface area contributed by atoms with E-state index < -0.39 is 9.84 Å². The van der Waals surface area contributed by atoms with Gasteiger partial charge in [0.05, 0.1) is 11.5 Å². The van der Waals surface area contributed by atoms with Gasteiger partial charge in [-0.3, -0.25) is 0 Å². The van der Waals surface area contributed by atoms with E-state index in [0.717, 1.165) is 12.2 Å². The van der Waals surface area contributed by atoms with Crippen molar-refractivity contribution in [3.05, 3.63) is 29.8 Å². The largest absolute Gasteiger partial charge is 0.490 e. The van der Waals surface area contributed by atoms with Gasteiger partial charge >= 0.3 is 0 Å². The molecule has 19 heavy (non-hydrogen) atoms. The third-order valence-corrected chi connectivity index (χ3v) is 5.58. The van der Waals surface area contributed by atoms with E-state index in [0.29, 0.717) is 18.8 Å². The number of hydrogen-bond acceptors (Lipinski definition) is 3. The van der Waals surface area contributed by atoms with Gasteiger partial charge in [-0.1, -0.05) is 26.0 Å². The van der Waals surface area contributed by atoms with Crippen LogP contribution in [0.25, 0.3) is 0 Å². The SMILES string of the molecule is CCC(C)c1ccc(OC2CCS(=O)(=O)CC2)cc1. The Morgan fingerprint density at radius 2 is 1.79 bits per heavy atom. The maximum atomic E-state index is 11.3. The first-order valence-electron chi connectivity index (χ1n) is 6.97. The average molecular weight is 282 g/mol. The number of sulfone groups is 1. The number of ether oxygens (including phenoxy) is 1. The predicted molar refractivity (Wildman–Crippen MR) is 77.5 cm³/mol. The molecule has 1 aliphatic rings. The molecule has 3 nitrogen and oxygen atoms in total. The zero-order chi connectivity index (χ0) is 13.9. The molecule has 0 bridgehead atoms.